The molecule has 0 saturated carbocycles. The Bertz CT molecular complexity index is 484. The van der Waals surface area contributed by atoms with Gasteiger partial charge in [0.05, 0.1) is 6.42 Å². The highest BCUT2D eigenvalue weighted by Crippen LogP contribution is 2.23. The summed E-state index contributed by atoms with van der Waals surface area (Å²) in [5.41, 5.74) is 9.46. The fraction of sp³-hybridized carbons (Fsp3) is 0.588. The van der Waals surface area contributed by atoms with Crippen molar-refractivity contribution >= 4 is 5.91 Å². The van der Waals surface area contributed by atoms with Gasteiger partial charge < -0.3 is 10.6 Å². The van der Waals surface area contributed by atoms with E-state index in [1.165, 1.54) is 11.1 Å². The van der Waals surface area contributed by atoms with Gasteiger partial charge in [-0.1, -0.05) is 25.1 Å². The molecule has 0 bridgehead atoms. The first-order valence-corrected chi connectivity index (χ1v) is 7.57. The van der Waals surface area contributed by atoms with Crippen LogP contribution < -0.4 is 5.73 Å². The lowest BCUT2D eigenvalue weighted by Gasteiger charge is -2.38. The fourth-order valence-electron chi connectivity index (χ4n) is 2.99. The van der Waals surface area contributed by atoms with E-state index in [1.807, 2.05) is 4.90 Å². The predicted octanol–water partition coefficient (Wildman–Crippen LogP) is 2.43. The average molecular weight is 274 g/mol. The fourth-order valence-corrected chi connectivity index (χ4v) is 2.99. The number of rotatable bonds is 3. The number of nitrogens with zero attached hydrogens (tertiary/aromatic N) is 1. The van der Waals surface area contributed by atoms with E-state index in [2.05, 4.69) is 39.0 Å². The SMILES string of the molecule is Cc1ccc(CC(=O)N2CCC(C)CC2CN)cc1C. The Hall–Kier alpha value is -1.35. The summed E-state index contributed by atoms with van der Waals surface area (Å²) < 4.78 is 0. The molecule has 3 heteroatoms. The van der Waals surface area contributed by atoms with Crippen LogP contribution in [0.1, 0.15) is 36.5 Å². The molecular weight excluding hydrogens is 248 g/mol. The number of hydrogen-bond donors (Lipinski definition) is 1. The van der Waals surface area contributed by atoms with E-state index in [0.717, 1.165) is 24.9 Å². The summed E-state index contributed by atoms with van der Waals surface area (Å²) in [6, 6.07) is 6.50. The van der Waals surface area contributed by atoms with Gasteiger partial charge in [-0.25, -0.2) is 0 Å². The minimum atomic E-state index is 0.218. The van der Waals surface area contributed by atoms with Crippen LogP contribution in [0.5, 0.6) is 0 Å². The standard InChI is InChI=1S/C17H26N2O/c1-12-6-7-19(16(8-12)11-18)17(20)10-15-5-4-13(2)14(3)9-15/h4-5,9,12,16H,6-8,10-11,18H2,1-3H3. The number of piperidine rings is 1. The molecule has 0 aromatic heterocycles. The van der Waals surface area contributed by atoms with E-state index in [0.29, 0.717) is 18.9 Å². The topological polar surface area (TPSA) is 46.3 Å². The highest BCUT2D eigenvalue weighted by Gasteiger charge is 2.28. The minimum absolute atomic E-state index is 0.218. The van der Waals surface area contributed by atoms with Crippen LogP contribution in [0.4, 0.5) is 0 Å². The van der Waals surface area contributed by atoms with Gasteiger partial charge in [-0.2, -0.15) is 0 Å². The molecule has 0 spiro atoms. The number of likely N-dealkylation sites (tertiary alicyclic amines) is 1. The summed E-state index contributed by atoms with van der Waals surface area (Å²) in [5.74, 6) is 0.893. The van der Waals surface area contributed by atoms with Gasteiger partial charge in [0.2, 0.25) is 5.91 Å². The molecule has 2 unspecified atom stereocenters. The van der Waals surface area contributed by atoms with Crippen molar-refractivity contribution in [2.45, 2.75) is 46.1 Å². The van der Waals surface area contributed by atoms with E-state index in [9.17, 15) is 4.79 Å². The van der Waals surface area contributed by atoms with Gasteiger partial charge in [-0.05, 0) is 49.3 Å². The molecule has 0 radical (unpaired) electrons. The van der Waals surface area contributed by atoms with Gasteiger partial charge in [0.25, 0.3) is 0 Å². The van der Waals surface area contributed by atoms with E-state index < -0.39 is 0 Å². The number of nitrogens with two attached hydrogens (primary N) is 1. The second kappa shape index (κ2) is 6.40. The Kier molecular flexibility index (Phi) is 4.81. The normalized spacial score (nSPS) is 22.9. The molecule has 2 rings (SSSR count). The molecule has 110 valence electrons. The summed E-state index contributed by atoms with van der Waals surface area (Å²) >= 11 is 0. The molecular formula is C17H26N2O. The molecule has 1 aromatic rings. The highest BCUT2D eigenvalue weighted by atomic mass is 16.2. The molecule has 1 fully saturated rings. The Morgan fingerprint density at radius 3 is 2.75 bits per heavy atom. The van der Waals surface area contributed by atoms with Crippen LogP contribution in [0.3, 0.4) is 0 Å². The lowest BCUT2D eigenvalue weighted by Crippen LogP contribution is -2.49. The highest BCUT2D eigenvalue weighted by molar-refractivity contribution is 5.79. The molecule has 1 heterocycles. The zero-order valence-corrected chi connectivity index (χ0v) is 12.9. The zero-order chi connectivity index (χ0) is 14.7. The number of hydrogen-bond acceptors (Lipinski definition) is 2. The third-order valence-electron chi connectivity index (χ3n) is 4.50. The van der Waals surface area contributed by atoms with E-state index in [-0.39, 0.29) is 11.9 Å². The monoisotopic (exact) mass is 274 g/mol. The second-order valence-corrected chi connectivity index (χ2v) is 6.20. The molecule has 2 atom stereocenters. The molecule has 1 aliphatic heterocycles. The van der Waals surface area contributed by atoms with Crippen molar-refractivity contribution in [3.63, 3.8) is 0 Å². The van der Waals surface area contributed by atoms with Crippen molar-refractivity contribution in [2.75, 3.05) is 13.1 Å². The maximum atomic E-state index is 12.5. The van der Waals surface area contributed by atoms with Crippen molar-refractivity contribution < 1.29 is 4.79 Å². The average Bonchev–Trinajstić information content (AvgIpc) is 2.42. The number of amides is 1. The summed E-state index contributed by atoms with van der Waals surface area (Å²) in [7, 11) is 0. The van der Waals surface area contributed by atoms with Crippen LogP contribution in [0.2, 0.25) is 0 Å². The first kappa shape index (κ1) is 15.0. The Morgan fingerprint density at radius 2 is 2.10 bits per heavy atom. The number of aryl methyl sites for hydroxylation is 2. The van der Waals surface area contributed by atoms with Crippen molar-refractivity contribution in [3.8, 4) is 0 Å². The van der Waals surface area contributed by atoms with Crippen LogP contribution in [0.15, 0.2) is 18.2 Å². The number of benzene rings is 1. The van der Waals surface area contributed by atoms with Crippen molar-refractivity contribution in [1.82, 2.24) is 4.90 Å². The Morgan fingerprint density at radius 1 is 1.35 bits per heavy atom. The second-order valence-electron chi connectivity index (χ2n) is 6.20. The maximum Gasteiger partial charge on any atom is 0.227 e. The van der Waals surface area contributed by atoms with Gasteiger partial charge in [-0.15, -0.1) is 0 Å². The molecule has 0 aliphatic carbocycles. The molecule has 2 N–H and O–H groups in total. The van der Waals surface area contributed by atoms with Gasteiger partial charge >= 0.3 is 0 Å². The molecule has 1 amide bonds. The summed E-state index contributed by atoms with van der Waals surface area (Å²) in [5, 5.41) is 0. The number of carbonyl (C=O) groups is 1. The van der Waals surface area contributed by atoms with Crippen molar-refractivity contribution in [3.05, 3.63) is 34.9 Å². The van der Waals surface area contributed by atoms with Gasteiger partial charge in [0.1, 0.15) is 0 Å². The van der Waals surface area contributed by atoms with Crippen molar-refractivity contribution in [2.24, 2.45) is 11.7 Å². The first-order chi connectivity index (χ1) is 9.51. The molecule has 3 nitrogen and oxygen atoms in total. The summed E-state index contributed by atoms with van der Waals surface area (Å²) in [4.78, 5) is 14.5. The maximum absolute atomic E-state index is 12.5. The molecule has 20 heavy (non-hydrogen) atoms. The minimum Gasteiger partial charge on any atom is -0.338 e. The summed E-state index contributed by atoms with van der Waals surface area (Å²) in [6.45, 7) is 7.86. The van der Waals surface area contributed by atoms with Crippen molar-refractivity contribution in [1.29, 1.82) is 0 Å². The largest absolute Gasteiger partial charge is 0.338 e. The van der Waals surface area contributed by atoms with Crippen LogP contribution in [0, 0.1) is 19.8 Å². The Labute approximate surface area is 122 Å². The van der Waals surface area contributed by atoms with E-state index >= 15 is 0 Å². The molecule has 1 aromatic carbocycles. The van der Waals surface area contributed by atoms with Crippen LogP contribution >= 0.6 is 0 Å². The lowest BCUT2D eigenvalue weighted by atomic mass is 9.92. The predicted molar refractivity (Wildman–Crippen MR) is 82.6 cm³/mol. The van der Waals surface area contributed by atoms with E-state index in [4.69, 9.17) is 5.73 Å². The smallest absolute Gasteiger partial charge is 0.227 e. The number of carbonyl (C=O) groups excluding carboxylic acids is 1. The Balaban J connectivity index is 2.05. The van der Waals surface area contributed by atoms with Gasteiger partial charge in [-0.3, -0.25) is 4.79 Å². The van der Waals surface area contributed by atoms with E-state index in [1.54, 1.807) is 0 Å². The molecule has 1 aliphatic rings. The van der Waals surface area contributed by atoms with Crippen LogP contribution in [-0.2, 0) is 11.2 Å². The van der Waals surface area contributed by atoms with Gasteiger partial charge in [0.15, 0.2) is 0 Å². The quantitative estimate of drug-likeness (QED) is 0.920. The third kappa shape index (κ3) is 3.40. The first-order valence-electron chi connectivity index (χ1n) is 7.57. The van der Waals surface area contributed by atoms with Gasteiger partial charge in [0, 0.05) is 19.1 Å². The lowest BCUT2D eigenvalue weighted by molar-refractivity contribution is -0.134. The van der Waals surface area contributed by atoms with Crippen LogP contribution in [0.25, 0.3) is 0 Å². The zero-order valence-electron chi connectivity index (χ0n) is 12.9. The summed E-state index contributed by atoms with van der Waals surface area (Å²) in [6.07, 6.45) is 2.62. The molecule has 1 saturated heterocycles. The third-order valence-corrected chi connectivity index (χ3v) is 4.50. The van der Waals surface area contributed by atoms with Crippen LogP contribution in [-0.4, -0.2) is 29.9 Å².